The van der Waals surface area contributed by atoms with Gasteiger partial charge in [0.05, 0.1) is 25.7 Å². The van der Waals surface area contributed by atoms with Crippen molar-refractivity contribution in [2.45, 2.75) is 69.1 Å². The summed E-state index contributed by atoms with van der Waals surface area (Å²) < 4.78 is 62.3. The van der Waals surface area contributed by atoms with E-state index < -0.39 is 35.4 Å². The number of carbonyl (C=O) groups excluding carboxylic acids is 2. The van der Waals surface area contributed by atoms with Gasteiger partial charge >= 0.3 is 18.1 Å². The summed E-state index contributed by atoms with van der Waals surface area (Å²) in [5.74, 6) is -2.32. The average Bonchev–Trinajstić information content (AvgIpc) is 3.12. The van der Waals surface area contributed by atoms with Crippen molar-refractivity contribution in [1.29, 1.82) is 0 Å². The largest absolute Gasteiger partial charge is 0.469 e. The molecule has 1 aromatic rings. The molecule has 1 fully saturated rings. The van der Waals surface area contributed by atoms with Crippen LogP contribution < -0.4 is 0 Å². The maximum absolute atomic E-state index is 14.0. The van der Waals surface area contributed by atoms with E-state index in [1.54, 1.807) is 0 Å². The third-order valence-electron chi connectivity index (χ3n) is 5.20. The molecule has 168 valence electrons. The number of rotatable bonds is 9. The Morgan fingerprint density at radius 1 is 1.17 bits per heavy atom. The molecular formula is C21H27F3O6. The Bertz CT molecular complexity index is 708. The molecule has 0 amide bonds. The molecule has 1 aromatic carbocycles. The van der Waals surface area contributed by atoms with Gasteiger partial charge in [0.25, 0.3) is 5.60 Å². The molecule has 1 unspecified atom stereocenters. The van der Waals surface area contributed by atoms with Crippen LogP contribution in [0.3, 0.4) is 0 Å². The van der Waals surface area contributed by atoms with Crippen molar-refractivity contribution >= 4 is 11.9 Å². The molecule has 1 aliphatic rings. The highest BCUT2D eigenvalue weighted by molar-refractivity contribution is 5.83. The van der Waals surface area contributed by atoms with Gasteiger partial charge in [0.1, 0.15) is 6.10 Å². The van der Waals surface area contributed by atoms with E-state index in [0.29, 0.717) is 6.42 Å². The molecule has 9 heteroatoms. The van der Waals surface area contributed by atoms with E-state index in [0.717, 1.165) is 39.2 Å². The smallest absolute Gasteiger partial charge is 0.432 e. The van der Waals surface area contributed by atoms with Crippen molar-refractivity contribution in [2.24, 2.45) is 0 Å². The highest BCUT2D eigenvalue weighted by Crippen LogP contribution is 2.43. The summed E-state index contributed by atoms with van der Waals surface area (Å²) in [6.45, 7) is 1.93. The van der Waals surface area contributed by atoms with Gasteiger partial charge in [-0.05, 0) is 32.6 Å². The molecule has 0 spiro atoms. The normalized spacial score (nSPS) is 22.2. The number of hydrogen-bond donors (Lipinski definition) is 0. The van der Waals surface area contributed by atoms with Gasteiger partial charge in [-0.1, -0.05) is 30.3 Å². The zero-order valence-corrected chi connectivity index (χ0v) is 17.2. The maximum atomic E-state index is 14.0. The molecule has 0 N–H and O–H groups in total. The topological polar surface area (TPSA) is 71.1 Å². The molecule has 30 heavy (non-hydrogen) atoms. The van der Waals surface area contributed by atoms with E-state index in [1.165, 1.54) is 18.2 Å². The lowest BCUT2D eigenvalue weighted by Crippen LogP contribution is -2.52. The Labute approximate surface area is 173 Å². The minimum absolute atomic E-state index is 0.0947. The molecule has 0 saturated carbocycles. The molecule has 1 heterocycles. The van der Waals surface area contributed by atoms with E-state index in [1.807, 2.05) is 6.92 Å². The fourth-order valence-corrected chi connectivity index (χ4v) is 3.56. The van der Waals surface area contributed by atoms with Crippen LogP contribution in [0.1, 0.15) is 44.6 Å². The van der Waals surface area contributed by atoms with Gasteiger partial charge in [0, 0.05) is 12.7 Å². The highest BCUT2D eigenvalue weighted by atomic mass is 19.4. The number of hydrogen-bond acceptors (Lipinski definition) is 6. The molecule has 1 saturated heterocycles. The lowest BCUT2D eigenvalue weighted by Gasteiger charge is -2.33. The van der Waals surface area contributed by atoms with Crippen LogP contribution in [0.5, 0.6) is 0 Å². The summed E-state index contributed by atoms with van der Waals surface area (Å²) >= 11 is 0. The fourth-order valence-electron chi connectivity index (χ4n) is 3.56. The third-order valence-corrected chi connectivity index (χ3v) is 5.20. The first-order chi connectivity index (χ1) is 14.1. The quantitative estimate of drug-likeness (QED) is 0.551. The molecule has 0 aromatic heterocycles. The second-order valence-electron chi connectivity index (χ2n) is 7.28. The van der Waals surface area contributed by atoms with Crippen molar-refractivity contribution in [3.63, 3.8) is 0 Å². The lowest BCUT2D eigenvalue weighted by atomic mass is 9.92. The van der Waals surface area contributed by atoms with Gasteiger partial charge in [0.15, 0.2) is 0 Å². The molecular weight excluding hydrogens is 405 g/mol. The number of alkyl halides is 3. The molecule has 2 rings (SSSR count). The Hall–Kier alpha value is -2.13. The summed E-state index contributed by atoms with van der Waals surface area (Å²) in [4.78, 5) is 24.6. The van der Waals surface area contributed by atoms with Crippen LogP contribution in [0.25, 0.3) is 0 Å². The minimum Gasteiger partial charge on any atom is -0.469 e. The molecule has 0 aliphatic carbocycles. The van der Waals surface area contributed by atoms with Crippen LogP contribution in [0.2, 0.25) is 0 Å². The first-order valence-electron chi connectivity index (χ1n) is 9.74. The molecule has 0 bridgehead atoms. The van der Waals surface area contributed by atoms with Crippen LogP contribution in [0, 0.1) is 0 Å². The van der Waals surface area contributed by atoms with Crippen LogP contribution >= 0.6 is 0 Å². The predicted molar refractivity (Wildman–Crippen MR) is 101 cm³/mol. The second-order valence-corrected chi connectivity index (χ2v) is 7.28. The van der Waals surface area contributed by atoms with Crippen molar-refractivity contribution in [1.82, 2.24) is 0 Å². The SMILES string of the molecule is COC(=O)C[C@H](CCC1CC[C@@H](C)O1)OC(=O)[C@](OC)(c1ccccc1)C(F)(F)F. The minimum atomic E-state index is -5.08. The number of methoxy groups -OCH3 is 2. The summed E-state index contributed by atoms with van der Waals surface area (Å²) in [6.07, 6.45) is -4.28. The van der Waals surface area contributed by atoms with Crippen LogP contribution in [0.15, 0.2) is 30.3 Å². The first-order valence-corrected chi connectivity index (χ1v) is 9.74. The van der Waals surface area contributed by atoms with Crippen molar-refractivity contribution in [2.75, 3.05) is 14.2 Å². The van der Waals surface area contributed by atoms with Gasteiger partial charge in [-0.2, -0.15) is 13.2 Å². The number of halogens is 3. The van der Waals surface area contributed by atoms with Crippen LogP contribution in [0.4, 0.5) is 13.2 Å². The zero-order chi connectivity index (χ0) is 22.4. The van der Waals surface area contributed by atoms with Gasteiger partial charge in [-0.25, -0.2) is 4.79 Å². The summed E-state index contributed by atoms with van der Waals surface area (Å²) in [5.41, 5.74) is -3.71. The summed E-state index contributed by atoms with van der Waals surface area (Å²) in [6, 6.07) is 6.54. The van der Waals surface area contributed by atoms with Gasteiger partial charge in [0.2, 0.25) is 0 Å². The highest BCUT2D eigenvalue weighted by Gasteiger charge is 2.64. The third kappa shape index (κ3) is 5.51. The van der Waals surface area contributed by atoms with E-state index in [-0.39, 0.29) is 25.0 Å². The van der Waals surface area contributed by atoms with Crippen LogP contribution in [-0.4, -0.2) is 50.6 Å². The molecule has 1 aliphatic heterocycles. The second kappa shape index (κ2) is 10.3. The predicted octanol–water partition coefficient (Wildman–Crippen LogP) is 3.91. The van der Waals surface area contributed by atoms with E-state index in [9.17, 15) is 22.8 Å². The first kappa shape index (κ1) is 24.1. The van der Waals surface area contributed by atoms with Gasteiger partial charge in [-0.15, -0.1) is 0 Å². The van der Waals surface area contributed by atoms with E-state index in [2.05, 4.69) is 4.74 Å². The summed E-state index contributed by atoms with van der Waals surface area (Å²) in [5, 5.41) is 0. The maximum Gasteiger partial charge on any atom is 0.432 e. The average molecular weight is 432 g/mol. The standard InChI is InChI=1S/C21H27F3O6/c1-14-9-10-16(29-14)11-12-17(13-18(25)27-2)30-19(26)20(28-3,21(22,23)24)15-7-5-4-6-8-15/h4-8,14,16-17H,9-13H2,1-3H3/t14-,16?,17+,20-/m1/s1. The van der Waals surface area contributed by atoms with Gasteiger partial charge < -0.3 is 18.9 Å². The molecule has 4 atom stereocenters. The number of benzene rings is 1. The monoisotopic (exact) mass is 432 g/mol. The zero-order valence-electron chi connectivity index (χ0n) is 17.2. The lowest BCUT2D eigenvalue weighted by molar-refractivity contribution is -0.278. The Morgan fingerprint density at radius 3 is 2.33 bits per heavy atom. The van der Waals surface area contributed by atoms with Crippen molar-refractivity contribution in [3.05, 3.63) is 35.9 Å². The van der Waals surface area contributed by atoms with E-state index >= 15 is 0 Å². The Kier molecular flexibility index (Phi) is 8.25. The fraction of sp³-hybridized carbons (Fsp3) is 0.619. The Morgan fingerprint density at radius 2 is 1.83 bits per heavy atom. The van der Waals surface area contributed by atoms with Crippen molar-refractivity contribution < 1.29 is 41.7 Å². The van der Waals surface area contributed by atoms with Crippen molar-refractivity contribution in [3.8, 4) is 0 Å². The number of ether oxygens (including phenoxy) is 4. The van der Waals surface area contributed by atoms with E-state index in [4.69, 9.17) is 14.2 Å². The van der Waals surface area contributed by atoms with Crippen LogP contribution in [-0.2, 0) is 34.1 Å². The van der Waals surface area contributed by atoms with Gasteiger partial charge in [-0.3, -0.25) is 4.79 Å². The summed E-state index contributed by atoms with van der Waals surface area (Å²) in [7, 11) is 1.95. The molecule has 6 nitrogen and oxygen atoms in total. The number of esters is 2. The number of carbonyl (C=O) groups is 2. The Balaban J connectivity index is 2.23. The molecule has 0 radical (unpaired) electrons.